The van der Waals surface area contributed by atoms with Crippen molar-refractivity contribution >= 4 is 5.91 Å². The van der Waals surface area contributed by atoms with E-state index in [1.54, 1.807) is 0 Å². The van der Waals surface area contributed by atoms with E-state index in [0.29, 0.717) is 22.8 Å². The summed E-state index contributed by atoms with van der Waals surface area (Å²) in [6.45, 7) is 10.1. The zero-order chi connectivity index (χ0) is 20.1. The number of nitrogens with zero attached hydrogens (tertiary/aromatic N) is 1. The normalized spacial score (nSPS) is 48.2. The Hall–Kier alpha value is -0.530. The average Bonchev–Trinajstić information content (AvgIpc) is 3.00. The van der Waals surface area contributed by atoms with Crippen LogP contribution in [0.1, 0.15) is 105 Å². The molecule has 1 aliphatic heterocycles. The molecule has 3 saturated carbocycles. The summed E-state index contributed by atoms with van der Waals surface area (Å²) in [5.41, 5.74) is 0.963. The number of carbonyl (C=O) groups is 1. The van der Waals surface area contributed by atoms with Crippen molar-refractivity contribution in [1.29, 1.82) is 0 Å². The summed E-state index contributed by atoms with van der Waals surface area (Å²) in [4.78, 5) is 14.6. The fourth-order valence-electron chi connectivity index (χ4n) is 8.75. The molecule has 0 spiro atoms. The molecule has 0 radical (unpaired) electrons. The molecule has 1 saturated heterocycles. The van der Waals surface area contributed by atoms with Crippen LogP contribution in [0.2, 0.25) is 0 Å². The average molecular weight is 388 g/mol. The van der Waals surface area contributed by atoms with E-state index in [2.05, 4.69) is 39.6 Å². The van der Waals surface area contributed by atoms with Crippen molar-refractivity contribution in [2.24, 2.45) is 40.4 Å². The molecule has 1 amide bonds. The van der Waals surface area contributed by atoms with Crippen LogP contribution in [0.15, 0.2) is 0 Å². The van der Waals surface area contributed by atoms with Gasteiger partial charge >= 0.3 is 0 Å². The van der Waals surface area contributed by atoms with E-state index < -0.39 is 0 Å². The molecule has 0 N–H and O–H groups in total. The van der Waals surface area contributed by atoms with Crippen molar-refractivity contribution in [3.05, 3.63) is 0 Å². The lowest BCUT2D eigenvalue weighted by Crippen LogP contribution is -2.62. The van der Waals surface area contributed by atoms with Gasteiger partial charge in [-0.15, -0.1) is 0 Å². The summed E-state index contributed by atoms with van der Waals surface area (Å²) in [6, 6.07) is 0.487. The molecule has 0 aromatic rings. The zero-order valence-corrected chi connectivity index (χ0v) is 19.3. The van der Waals surface area contributed by atoms with Crippen LogP contribution in [0.3, 0.4) is 0 Å². The van der Waals surface area contributed by atoms with Crippen LogP contribution >= 0.6 is 0 Å². The molecule has 2 nitrogen and oxygen atoms in total. The highest BCUT2D eigenvalue weighted by molar-refractivity contribution is 5.77. The second kappa shape index (κ2) is 7.62. The van der Waals surface area contributed by atoms with Crippen molar-refractivity contribution in [2.45, 2.75) is 111 Å². The third kappa shape index (κ3) is 3.25. The van der Waals surface area contributed by atoms with Crippen LogP contribution in [-0.2, 0) is 4.79 Å². The van der Waals surface area contributed by atoms with Gasteiger partial charge < -0.3 is 4.90 Å². The Bertz CT molecular complexity index is 587. The Morgan fingerprint density at radius 3 is 2.61 bits per heavy atom. The van der Waals surface area contributed by atoms with Gasteiger partial charge in [-0.1, -0.05) is 59.8 Å². The number of hydrogen-bond donors (Lipinski definition) is 0. The van der Waals surface area contributed by atoms with Gasteiger partial charge in [-0.25, -0.2) is 0 Å². The fourth-order valence-corrected chi connectivity index (χ4v) is 8.75. The summed E-state index contributed by atoms with van der Waals surface area (Å²) >= 11 is 0. The van der Waals surface area contributed by atoms with Gasteiger partial charge in [0.25, 0.3) is 0 Å². The summed E-state index contributed by atoms with van der Waals surface area (Å²) in [6.07, 6.45) is 16.2. The molecule has 3 aliphatic carbocycles. The molecule has 28 heavy (non-hydrogen) atoms. The minimum atomic E-state index is 0.361. The molecule has 2 heteroatoms. The SMILES string of the molecule is CCCCCC[C@H]1C[C@H]2[C@@H]3[C@@H](C)C[C@H]4N(C)C(=O)CC[C@]4(C)[C@H]3CC[C@]2(C)C1. The smallest absolute Gasteiger partial charge is 0.222 e. The lowest BCUT2D eigenvalue weighted by atomic mass is 9.45. The second-order valence-electron chi connectivity index (χ2n) is 11.9. The number of rotatable bonds is 5. The van der Waals surface area contributed by atoms with Gasteiger partial charge in [0, 0.05) is 19.5 Å². The maximum Gasteiger partial charge on any atom is 0.222 e. The third-order valence-corrected chi connectivity index (χ3v) is 10.3. The quantitative estimate of drug-likeness (QED) is 0.482. The maximum absolute atomic E-state index is 12.4. The summed E-state index contributed by atoms with van der Waals surface area (Å²) in [5.74, 6) is 4.84. The number of carbonyl (C=O) groups excluding carboxylic acids is 1. The molecular formula is C26H45NO. The molecule has 0 aromatic heterocycles. The van der Waals surface area contributed by atoms with Crippen LogP contribution in [0.25, 0.3) is 0 Å². The minimum Gasteiger partial charge on any atom is -0.342 e. The number of fused-ring (bicyclic) bond motifs is 5. The summed E-state index contributed by atoms with van der Waals surface area (Å²) in [5, 5.41) is 0. The highest BCUT2D eigenvalue weighted by atomic mass is 16.2. The molecule has 4 rings (SSSR count). The van der Waals surface area contributed by atoms with Gasteiger partial charge in [0.2, 0.25) is 5.91 Å². The number of unbranched alkanes of at least 4 members (excludes halogenated alkanes) is 3. The van der Waals surface area contributed by atoms with Crippen LogP contribution in [0.4, 0.5) is 0 Å². The Balaban J connectivity index is 1.52. The first-order chi connectivity index (χ1) is 13.3. The minimum absolute atomic E-state index is 0.361. The Kier molecular flexibility index (Phi) is 5.64. The highest BCUT2D eigenvalue weighted by Gasteiger charge is 2.61. The van der Waals surface area contributed by atoms with Crippen LogP contribution in [0, 0.1) is 40.4 Å². The van der Waals surface area contributed by atoms with Crippen molar-refractivity contribution in [3.8, 4) is 0 Å². The molecule has 8 atom stereocenters. The largest absolute Gasteiger partial charge is 0.342 e. The number of hydrogen-bond acceptors (Lipinski definition) is 1. The van der Waals surface area contributed by atoms with Crippen LogP contribution in [0.5, 0.6) is 0 Å². The van der Waals surface area contributed by atoms with Gasteiger partial charge in [0.05, 0.1) is 0 Å². The van der Waals surface area contributed by atoms with E-state index in [4.69, 9.17) is 0 Å². The standard InChI is InChI=1S/C26H45NO/c1-6-7-8-9-10-19-16-21-24-18(2)15-22-26(4,14-12-23(28)27(22)5)20(24)11-13-25(21,3)17-19/h18-22,24H,6-17H2,1-5H3/t18-,19-,20-,21-,22+,24+,25+,26+/m0/s1. The van der Waals surface area contributed by atoms with E-state index in [1.807, 2.05) is 0 Å². The molecule has 4 fully saturated rings. The number of amides is 1. The monoisotopic (exact) mass is 387 g/mol. The first-order valence-electron chi connectivity index (χ1n) is 12.6. The lowest BCUT2D eigenvalue weighted by Gasteiger charge is -2.63. The highest BCUT2D eigenvalue weighted by Crippen LogP contribution is 2.67. The van der Waals surface area contributed by atoms with Gasteiger partial charge in [0.15, 0.2) is 0 Å². The van der Waals surface area contributed by atoms with E-state index in [0.717, 1.165) is 42.4 Å². The van der Waals surface area contributed by atoms with Gasteiger partial charge in [-0.3, -0.25) is 4.79 Å². The Labute approximate surface area is 174 Å². The third-order valence-electron chi connectivity index (χ3n) is 10.3. The van der Waals surface area contributed by atoms with E-state index in [-0.39, 0.29) is 0 Å². The van der Waals surface area contributed by atoms with Gasteiger partial charge in [-0.2, -0.15) is 0 Å². The predicted octanol–water partition coefficient (Wildman–Crippen LogP) is 6.68. The van der Waals surface area contributed by atoms with E-state index >= 15 is 0 Å². The Morgan fingerprint density at radius 2 is 1.86 bits per heavy atom. The fraction of sp³-hybridized carbons (Fsp3) is 0.962. The van der Waals surface area contributed by atoms with E-state index in [1.165, 1.54) is 64.2 Å². The van der Waals surface area contributed by atoms with Crippen molar-refractivity contribution in [3.63, 3.8) is 0 Å². The molecule has 1 heterocycles. The molecule has 0 unspecified atom stereocenters. The van der Waals surface area contributed by atoms with Crippen molar-refractivity contribution in [1.82, 2.24) is 4.90 Å². The molecular weight excluding hydrogens is 342 g/mol. The zero-order valence-electron chi connectivity index (χ0n) is 19.3. The van der Waals surface area contributed by atoms with Gasteiger partial charge in [-0.05, 0) is 78.9 Å². The first-order valence-corrected chi connectivity index (χ1v) is 12.6. The lowest BCUT2D eigenvalue weighted by molar-refractivity contribution is -0.164. The number of likely N-dealkylation sites (tertiary alicyclic amines) is 1. The van der Waals surface area contributed by atoms with Crippen LogP contribution < -0.4 is 0 Å². The summed E-state index contributed by atoms with van der Waals surface area (Å²) in [7, 11) is 2.09. The molecule has 0 bridgehead atoms. The molecule has 4 aliphatic rings. The topological polar surface area (TPSA) is 20.3 Å². The first kappa shape index (κ1) is 20.7. The maximum atomic E-state index is 12.4. The van der Waals surface area contributed by atoms with Crippen LogP contribution in [-0.4, -0.2) is 23.9 Å². The second-order valence-corrected chi connectivity index (χ2v) is 11.9. The van der Waals surface area contributed by atoms with Crippen molar-refractivity contribution < 1.29 is 4.79 Å². The molecule has 0 aromatic carbocycles. The van der Waals surface area contributed by atoms with Gasteiger partial charge in [0.1, 0.15) is 0 Å². The van der Waals surface area contributed by atoms with Crippen molar-refractivity contribution in [2.75, 3.05) is 7.05 Å². The number of piperidine rings is 1. The Morgan fingerprint density at radius 1 is 1.07 bits per heavy atom. The van der Waals surface area contributed by atoms with E-state index in [9.17, 15) is 4.79 Å². The molecule has 160 valence electrons. The predicted molar refractivity (Wildman–Crippen MR) is 117 cm³/mol. The summed E-state index contributed by atoms with van der Waals surface area (Å²) < 4.78 is 0.